The van der Waals surface area contributed by atoms with Crippen LogP contribution in [-0.2, 0) is 0 Å². The Hall–Kier alpha value is -1.49. The van der Waals surface area contributed by atoms with Crippen LogP contribution >= 0.6 is 0 Å². The third kappa shape index (κ3) is 3.27. The monoisotopic (exact) mass is 225 g/mol. The highest BCUT2D eigenvalue weighted by Gasteiger charge is 2.15. The number of hydrogen-bond acceptors (Lipinski definition) is 3. The first kappa shape index (κ1) is 12.6. The van der Waals surface area contributed by atoms with E-state index in [1.165, 1.54) is 0 Å². The van der Waals surface area contributed by atoms with Crippen molar-refractivity contribution in [3.05, 3.63) is 18.0 Å². The van der Waals surface area contributed by atoms with Gasteiger partial charge in [0.25, 0.3) is 5.91 Å². The molecule has 16 heavy (non-hydrogen) atoms. The SMILES string of the molecule is CCCCN(CCO)C(=O)c1cc(N)c[nH]1. The summed E-state index contributed by atoms with van der Waals surface area (Å²) in [6, 6.07) is 1.61. The number of aromatic amines is 1. The highest BCUT2D eigenvalue weighted by atomic mass is 16.3. The molecule has 0 spiro atoms. The summed E-state index contributed by atoms with van der Waals surface area (Å²) >= 11 is 0. The molecule has 1 aromatic rings. The van der Waals surface area contributed by atoms with Gasteiger partial charge >= 0.3 is 0 Å². The molecule has 0 saturated heterocycles. The van der Waals surface area contributed by atoms with Crippen molar-refractivity contribution in [1.29, 1.82) is 0 Å². The van der Waals surface area contributed by atoms with Gasteiger partial charge in [0.2, 0.25) is 0 Å². The highest BCUT2D eigenvalue weighted by molar-refractivity contribution is 5.93. The van der Waals surface area contributed by atoms with Crippen LogP contribution < -0.4 is 5.73 Å². The fraction of sp³-hybridized carbons (Fsp3) is 0.545. The Balaban J connectivity index is 2.66. The summed E-state index contributed by atoms with van der Waals surface area (Å²) in [6.07, 6.45) is 3.54. The van der Waals surface area contributed by atoms with Crippen LogP contribution in [0.3, 0.4) is 0 Å². The number of unbranched alkanes of at least 4 members (excludes halogenated alkanes) is 1. The molecule has 4 N–H and O–H groups in total. The molecule has 0 unspecified atom stereocenters. The van der Waals surface area contributed by atoms with Gasteiger partial charge in [-0.2, -0.15) is 0 Å². The minimum atomic E-state index is -0.112. The van der Waals surface area contributed by atoms with Gasteiger partial charge in [0.15, 0.2) is 0 Å². The Bertz CT molecular complexity index is 336. The van der Waals surface area contributed by atoms with Crippen LogP contribution in [-0.4, -0.2) is 40.6 Å². The summed E-state index contributed by atoms with van der Waals surface area (Å²) in [6.45, 7) is 3.06. The van der Waals surface area contributed by atoms with Crippen molar-refractivity contribution in [2.24, 2.45) is 0 Å². The number of nitrogen functional groups attached to an aromatic ring is 1. The highest BCUT2D eigenvalue weighted by Crippen LogP contribution is 2.08. The van der Waals surface area contributed by atoms with Crippen LogP contribution in [0.5, 0.6) is 0 Å². The first-order valence-electron chi connectivity index (χ1n) is 5.53. The average molecular weight is 225 g/mol. The second-order valence-corrected chi connectivity index (χ2v) is 3.72. The molecule has 1 heterocycles. The van der Waals surface area contributed by atoms with Crippen molar-refractivity contribution < 1.29 is 9.90 Å². The molecule has 0 fully saturated rings. The minimum Gasteiger partial charge on any atom is -0.397 e. The lowest BCUT2D eigenvalue weighted by atomic mass is 10.3. The van der Waals surface area contributed by atoms with Crippen LogP contribution in [0.1, 0.15) is 30.3 Å². The number of carbonyl (C=O) groups excluding carboxylic acids is 1. The molecule has 5 nitrogen and oxygen atoms in total. The van der Waals surface area contributed by atoms with Crippen molar-refractivity contribution >= 4 is 11.6 Å². The van der Waals surface area contributed by atoms with Gasteiger partial charge in [-0.25, -0.2) is 0 Å². The number of rotatable bonds is 6. The summed E-state index contributed by atoms with van der Waals surface area (Å²) in [5.41, 5.74) is 6.56. The topological polar surface area (TPSA) is 82.3 Å². The van der Waals surface area contributed by atoms with Crippen molar-refractivity contribution in [3.63, 3.8) is 0 Å². The van der Waals surface area contributed by atoms with Crippen molar-refractivity contribution in [1.82, 2.24) is 9.88 Å². The smallest absolute Gasteiger partial charge is 0.270 e. The van der Waals surface area contributed by atoms with Crippen LogP contribution in [0.2, 0.25) is 0 Å². The molecular weight excluding hydrogens is 206 g/mol. The second kappa shape index (κ2) is 6.17. The maximum Gasteiger partial charge on any atom is 0.270 e. The normalized spacial score (nSPS) is 10.4. The molecule has 1 rings (SSSR count). The van der Waals surface area contributed by atoms with Crippen LogP contribution in [0.4, 0.5) is 5.69 Å². The molecule has 0 aliphatic carbocycles. The lowest BCUT2D eigenvalue weighted by Crippen LogP contribution is -2.34. The largest absolute Gasteiger partial charge is 0.397 e. The van der Waals surface area contributed by atoms with E-state index in [2.05, 4.69) is 11.9 Å². The lowest BCUT2D eigenvalue weighted by molar-refractivity contribution is 0.0714. The first-order valence-corrected chi connectivity index (χ1v) is 5.53. The second-order valence-electron chi connectivity index (χ2n) is 3.72. The van der Waals surface area contributed by atoms with Crippen LogP contribution in [0, 0.1) is 0 Å². The Morgan fingerprint density at radius 2 is 2.31 bits per heavy atom. The Labute approximate surface area is 95.3 Å². The van der Waals surface area contributed by atoms with Gasteiger partial charge in [-0.3, -0.25) is 4.79 Å². The Morgan fingerprint density at radius 1 is 1.56 bits per heavy atom. The number of aliphatic hydroxyl groups is 1. The van der Waals surface area contributed by atoms with E-state index in [1.54, 1.807) is 17.2 Å². The van der Waals surface area contributed by atoms with E-state index in [4.69, 9.17) is 10.8 Å². The molecule has 1 amide bonds. The molecular formula is C11H19N3O2. The predicted octanol–water partition coefficient (Wildman–Crippen LogP) is 0.832. The molecule has 0 aliphatic heterocycles. The number of aromatic nitrogens is 1. The van der Waals surface area contributed by atoms with E-state index < -0.39 is 0 Å². The fourth-order valence-corrected chi connectivity index (χ4v) is 1.49. The van der Waals surface area contributed by atoms with Crippen LogP contribution in [0.15, 0.2) is 12.3 Å². The van der Waals surface area contributed by atoms with Crippen LogP contribution in [0.25, 0.3) is 0 Å². The Morgan fingerprint density at radius 3 is 2.81 bits per heavy atom. The molecule has 0 atom stereocenters. The Kier molecular flexibility index (Phi) is 4.85. The molecule has 0 saturated carbocycles. The lowest BCUT2D eigenvalue weighted by Gasteiger charge is -2.20. The van der Waals surface area contributed by atoms with Gasteiger partial charge in [0, 0.05) is 25.0 Å². The number of carbonyl (C=O) groups is 1. The van der Waals surface area contributed by atoms with E-state index >= 15 is 0 Å². The van der Waals surface area contributed by atoms with Gasteiger partial charge in [0.05, 0.1) is 6.61 Å². The molecule has 0 bridgehead atoms. The van der Waals surface area contributed by atoms with Crippen molar-refractivity contribution in [3.8, 4) is 0 Å². The summed E-state index contributed by atoms with van der Waals surface area (Å²) in [7, 11) is 0. The predicted molar refractivity (Wildman–Crippen MR) is 63.1 cm³/mol. The van der Waals surface area contributed by atoms with Gasteiger partial charge in [-0.15, -0.1) is 0 Å². The maximum atomic E-state index is 12.0. The number of nitrogens with zero attached hydrogens (tertiary/aromatic N) is 1. The number of amides is 1. The molecule has 90 valence electrons. The number of anilines is 1. The average Bonchev–Trinajstić information content (AvgIpc) is 2.70. The number of nitrogens with one attached hydrogen (secondary N) is 1. The van der Waals surface area contributed by atoms with Gasteiger partial charge < -0.3 is 20.7 Å². The number of hydrogen-bond donors (Lipinski definition) is 3. The van der Waals surface area contributed by atoms with E-state index in [0.717, 1.165) is 12.8 Å². The molecule has 0 aliphatic rings. The molecule has 0 radical (unpaired) electrons. The van der Waals surface area contributed by atoms with Gasteiger partial charge in [-0.05, 0) is 12.5 Å². The minimum absolute atomic E-state index is 0.0222. The summed E-state index contributed by atoms with van der Waals surface area (Å²) < 4.78 is 0. The van der Waals surface area contributed by atoms with Crippen molar-refractivity contribution in [2.45, 2.75) is 19.8 Å². The number of H-pyrrole nitrogens is 1. The van der Waals surface area contributed by atoms with Gasteiger partial charge in [0.1, 0.15) is 5.69 Å². The number of nitrogens with two attached hydrogens (primary N) is 1. The molecule has 1 aromatic heterocycles. The maximum absolute atomic E-state index is 12.0. The first-order chi connectivity index (χ1) is 7.69. The quantitative estimate of drug-likeness (QED) is 0.670. The van der Waals surface area contributed by atoms with E-state index in [1.807, 2.05) is 0 Å². The van der Waals surface area contributed by atoms with E-state index in [0.29, 0.717) is 24.5 Å². The zero-order valence-corrected chi connectivity index (χ0v) is 9.57. The third-order valence-electron chi connectivity index (χ3n) is 2.37. The molecule has 5 heteroatoms. The summed E-state index contributed by atoms with van der Waals surface area (Å²) in [5.74, 6) is -0.112. The van der Waals surface area contributed by atoms with Gasteiger partial charge in [-0.1, -0.05) is 13.3 Å². The van der Waals surface area contributed by atoms with E-state index in [-0.39, 0.29) is 12.5 Å². The number of aliphatic hydroxyl groups excluding tert-OH is 1. The molecule has 0 aromatic carbocycles. The summed E-state index contributed by atoms with van der Waals surface area (Å²) in [4.78, 5) is 16.4. The zero-order valence-electron chi connectivity index (χ0n) is 9.57. The summed E-state index contributed by atoms with van der Waals surface area (Å²) in [5, 5.41) is 8.91. The fourth-order valence-electron chi connectivity index (χ4n) is 1.49. The third-order valence-corrected chi connectivity index (χ3v) is 2.37. The van der Waals surface area contributed by atoms with Crippen molar-refractivity contribution in [2.75, 3.05) is 25.4 Å². The zero-order chi connectivity index (χ0) is 12.0. The standard InChI is InChI=1S/C11H19N3O2/c1-2-3-4-14(5-6-15)11(16)10-7-9(12)8-13-10/h7-8,13,15H,2-6,12H2,1H3. The van der Waals surface area contributed by atoms with E-state index in [9.17, 15) is 4.79 Å².